The normalized spacial score (nSPS) is 12.1. The Morgan fingerprint density at radius 1 is 0.400 bits per heavy atom. The average molecular weight is 387 g/mol. The largest absolute Gasteiger partial charge is 0.0622 e. The second-order valence-electron chi connectivity index (χ2n) is 7.62. The van der Waals surface area contributed by atoms with E-state index in [2.05, 4.69) is 135 Å². The third-order valence-corrected chi connectivity index (χ3v) is 5.31. The van der Waals surface area contributed by atoms with Crippen molar-refractivity contribution in [2.24, 2.45) is 0 Å². The summed E-state index contributed by atoms with van der Waals surface area (Å²) in [7, 11) is 0. The Morgan fingerprint density at radius 2 is 0.700 bits per heavy atom. The van der Waals surface area contributed by atoms with Gasteiger partial charge >= 0.3 is 0 Å². The predicted molar refractivity (Wildman–Crippen MR) is 129 cm³/mol. The van der Waals surface area contributed by atoms with Gasteiger partial charge in [0.2, 0.25) is 0 Å². The molecule has 0 spiro atoms. The van der Waals surface area contributed by atoms with Crippen molar-refractivity contribution in [2.45, 2.75) is 13.8 Å². The van der Waals surface area contributed by atoms with Gasteiger partial charge < -0.3 is 0 Å². The molecule has 4 aromatic rings. The summed E-state index contributed by atoms with van der Waals surface area (Å²) in [4.78, 5) is 0. The van der Waals surface area contributed by atoms with Crippen molar-refractivity contribution in [3.05, 3.63) is 155 Å². The van der Waals surface area contributed by atoms with E-state index in [1.807, 2.05) is 0 Å². The lowest BCUT2D eigenvalue weighted by atomic mass is 9.93. The first kappa shape index (κ1) is 19.7. The van der Waals surface area contributed by atoms with E-state index in [0.717, 1.165) is 0 Å². The zero-order valence-corrected chi connectivity index (χ0v) is 17.5. The molecule has 0 aliphatic carbocycles. The number of aryl methyl sites for hydroxylation is 2. The molecule has 0 radical (unpaired) electrons. The van der Waals surface area contributed by atoms with E-state index in [4.69, 9.17) is 0 Å². The van der Waals surface area contributed by atoms with Crippen LogP contribution in [0.4, 0.5) is 0 Å². The SMILES string of the molecule is Cc1ccc(C(=CC=C(c2ccccc2)c2ccc(C)cc2)c2ccccc2)cc1. The number of allylic oxidation sites excluding steroid dienone is 2. The molecule has 0 unspecified atom stereocenters. The predicted octanol–water partition coefficient (Wildman–Crippen LogP) is 7.87. The van der Waals surface area contributed by atoms with Crippen LogP contribution in [0.3, 0.4) is 0 Å². The second kappa shape index (κ2) is 9.24. The van der Waals surface area contributed by atoms with E-state index < -0.39 is 0 Å². The first-order chi connectivity index (χ1) is 14.7. The smallest absolute Gasteiger partial charge is 0.0111 e. The summed E-state index contributed by atoms with van der Waals surface area (Å²) in [5.74, 6) is 0. The minimum absolute atomic E-state index is 1.22. The van der Waals surface area contributed by atoms with Gasteiger partial charge in [-0.15, -0.1) is 0 Å². The van der Waals surface area contributed by atoms with Crippen LogP contribution < -0.4 is 0 Å². The first-order valence-corrected chi connectivity index (χ1v) is 10.4. The van der Waals surface area contributed by atoms with E-state index in [1.54, 1.807) is 0 Å². The molecule has 0 aliphatic heterocycles. The zero-order chi connectivity index (χ0) is 20.8. The quantitative estimate of drug-likeness (QED) is 0.306. The minimum atomic E-state index is 1.22. The van der Waals surface area contributed by atoms with Crippen LogP contribution in [0.15, 0.2) is 121 Å². The lowest BCUT2D eigenvalue weighted by Crippen LogP contribution is -1.90. The molecule has 0 amide bonds. The van der Waals surface area contributed by atoms with Crippen LogP contribution in [-0.4, -0.2) is 0 Å². The Hall–Kier alpha value is -3.64. The van der Waals surface area contributed by atoms with Crippen LogP contribution in [0.1, 0.15) is 33.4 Å². The van der Waals surface area contributed by atoms with Crippen molar-refractivity contribution in [2.75, 3.05) is 0 Å². The molecule has 0 atom stereocenters. The van der Waals surface area contributed by atoms with Crippen LogP contribution in [-0.2, 0) is 0 Å². The molecule has 4 aromatic carbocycles. The van der Waals surface area contributed by atoms with Gasteiger partial charge in [0, 0.05) is 0 Å². The van der Waals surface area contributed by atoms with Crippen molar-refractivity contribution in [3.63, 3.8) is 0 Å². The van der Waals surface area contributed by atoms with Gasteiger partial charge in [-0.2, -0.15) is 0 Å². The maximum Gasteiger partial charge on any atom is -0.0111 e. The van der Waals surface area contributed by atoms with Crippen LogP contribution in [0.5, 0.6) is 0 Å². The lowest BCUT2D eigenvalue weighted by Gasteiger charge is -2.11. The molecule has 0 fully saturated rings. The van der Waals surface area contributed by atoms with Gasteiger partial charge in [-0.05, 0) is 47.2 Å². The molecule has 0 saturated carbocycles. The Balaban J connectivity index is 1.87. The van der Waals surface area contributed by atoms with E-state index in [0.29, 0.717) is 0 Å². The maximum absolute atomic E-state index is 2.25. The average Bonchev–Trinajstić information content (AvgIpc) is 2.80. The molecule has 0 heterocycles. The number of hydrogen-bond donors (Lipinski definition) is 0. The molecule has 30 heavy (non-hydrogen) atoms. The van der Waals surface area contributed by atoms with Gasteiger partial charge in [0.05, 0.1) is 0 Å². The zero-order valence-electron chi connectivity index (χ0n) is 17.5. The topological polar surface area (TPSA) is 0 Å². The molecular weight excluding hydrogens is 360 g/mol. The Morgan fingerprint density at radius 3 is 1.03 bits per heavy atom. The molecular formula is C30H26. The van der Waals surface area contributed by atoms with E-state index in [-0.39, 0.29) is 0 Å². The molecule has 0 saturated heterocycles. The third-order valence-electron chi connectivity index (χ3n) is 5.31. The Labute approximate surface area is 179 Å². The third kappa shape index (κ3) is 4.67. The summed E-state index contributed by atoms with van der Waals surface area (Å²) >= 11 is 0. The van der Waals surface area contributed by atoms with E-state index in [9.17, 15) is 0 Å². The summed E-state index contributed by atoms with van der Waals surface area (Å²) in [6.45, 7) is 4.25. The standard InChI is InChI=1S/C30H26/c1-23-13-17-27(18-14-23)29(25-9-5-3-6-10-25)21-22-30(26-11-7-4-8-12-26)28-19-15-24(2)16-20-28/h3-22H,1-2H3. The summed E-state index contributed by atoms with van der Waals surface area (Å²) in [6.07, 6.45) is 4.50. The Kier molecular flexibility index (Phi) is 6.06. The van der Waals surface area contributed by atoms with Crippen LogP contribution >= 0.6 is 0 Å². The van der Waals surface area contributed by atoms with E-state index >= 15 is 0 Å². The van der Waals surface area contributed by atoms with Gasteiger partial charge in [0.1, 0.15) is 0 Å². The lowest BCUT2D eigenvalue weighted by molar-refractivity contribution is 1.44. The summed E-state index contributed by atoms with van der Waals surface area (Å²) < 4.78 is 0. The van der Waals surface area contributed by atoms with Gasteiger partial charge in [0.15, 0.2) is 0 Å². The highest BCUT2D eigenvalue weighted by molar-refractivity contribution is 5.86. The van der Waals surface area contributed by atoms with Gasteiger partial charge in [-0.1, -0.05) is 132 Å². The van der Waals surface area contributed by atoms with Gasteiger partial charge in [-0.25, -0.2) is 0 Å². The fourth-order valence-electron chi connectivity index (χ4n) is 3.59. The monoisotopic (exact) mass is 386 g/mol. The van der Waals surface area contributed by atoms with Gasteiger partial charge in [-0.3, -0.25) is 0 Å². The molecule has 0 aliphatic rings. The summed E-state index contributed by atoms with van der Waals surface area (Å²) in [5.41, 5.74) is 9.85. The van der Waals surface area contributed by atoms with Crippen molar-refractivity contribution in [1.82, 2.24) is 0 Å². The van der Waals surface area contributed by atoms with Crippen LogP contribution in [0.2, 0.25) is 0 Å². The molecule has 146 valence electrons. The fourth-order valence-corrected chi connectivity index (χ4v) is 3.59. The molecule has 0 heteroatoms. The number of benzene rings is 4. The first-order valence-electron chi connectivity index (χ1n) is 10.4. The fraction of sp³-hybridized carbons (Fsp3) is 0.0667. The highest BCUT2D eigenvalue weighted by atomic mass is 14.1. The Bertz CT molecular complexity index is 1050. The number of rotatable bonds is 5. The maximum atomic E-state index is 2.25. The summed E-state index contributed by atoms with van der Waals surface area (Å²) in [6, 6.07) is 38.7. The van der Waals surface area contributed by atoms with E-state index in [1.165, 1.54) is 44.5 Å². The molecule has 4 rings (SSSR count). The number of hydrogen-bond acceptors (Lipinski definition) is 0. The van der Waals surface area contributed by atoms with Crippen molar-refractivity contribution in [3.8, 4) is 0 Å². The van der Waals surface area contributed by atoms with Crippen LogP contribution in [0.25, 0.3) is 11.1 Å². The molecule has 0 aromatic heterocycles. The summed E-state index contributed by atoms with van der Waals surface area (Å²) in [5, 5.41) is 0. The van der Waals surface area contributed by atoms with Crippen molar-refractivity contribution in [1.29, 1.82) is 0 Å². The van der Waals surface area contributed by atoms with Gasteiger partial charge in [0.25, 0.3) is 0 Å². The molecule has 0 bridgehead atoms. The highest BCUT2D eigenvalue weighted by Gasteiger charge is 2.07. The van der Waals surface area contributed by atoms with Crippen molar-refractivity contribution < 1.29 is 0 Å². The second-order valence-corrected chi connectivity index (χ2v) is 7.62. The van der Waals surface area contributed by atoms with Crippen LogP contribution in [0, 0.1) is 13.8 Å². The minimum Gasteiger partial charge on any atom is -0.0622 e. The molecule has 0 nitrogen and oxygen atoms in total. The highest BCUT2D eigenvalue weighted by Crippen LogP contribution is 2.28. The van der Waals surface area contributed by atoms with Crippen molar-refractivity contribution >= 4 is 11.1 Å². The molecule has 0 N–H and O–H groups in total.